The standard InChI is InChI=1S/C27H18BrClN2O3/c1-16-5-6-17(14-22(16)29)24-11-8-21(33-24)9-12-26(32)30-20-7-10-25-23(15-20)31-27(34-25)18-3-2-4-19(28)13-18/h2-15H,1H3,(H,30,32). The highest BCUT2D eigenvalue weighted by molar-refractivity contribution is 9.10. The average molecular weight is 534 g/mol. The fourth-order valence-electron chi connectivity index (χ4n) is 3.44. The monoisotopic (exact) mass is 532 g/mol. The van der Waals surface area contributed by atoms with E-state index in [0.29, 0.717) is 39.2 Å². The van der Waals surface area contributed by atoms with E-state index < -0.39 is 0 Å². The number of carbonyl (C=O) groups excluding carboxylic acids is 1. The van der Waals surface area contributed by atoms with E-state index in [1.54, 1.807) is 30.3 Å². The molecule has 2 aromatic heterocycles. The van der Waals surface area contributed by atoms with Crippen molar-refractivity contribution in [2.45, 2.75) is 6.92 Å². The molecule has 0 aliphatic rings. The van der Waals surface area contributed by atoms with Crippen molar-refractivity contribution in [2.75, 3.05) is 5.32 Å². The number of hydrogen-bond acceptors (Lipinski definition) is 4. The molecule has 5 aromatic rings. The maximum absolute atomic E-state index is 12.4. The van der Waals surface area contributed by atoms with Crippen LogP contribution in [0.25, 0.3) is 40.0 Å². The van der Waals surface area contributed by atoms with Gasteiger partial charge in [-0.05, 0) is 73.2 Å². The van der Waals surface area contributed by atoms with Gasteiger partial charge in [0.05, 0.1) is 0 Å². The quantitative estimate of drug-likeness (QED) is 0.232. The Morgan fingerprint density at radius 1 is 1.00 bits per heavy atom. The van der Waals surface area contributed by atoms with Gasteiger partial charge in [0.15, 0.2) is 5.58 Å². The summed E-state index contributed by atoms with van der Waals surface area (Å²) in [5.74, 6) is 1.47. The molecular formula is C27H18BrClN2O3. The summed E-state index contributed by atoms with van der Waals surface area (Å²) < 4.78 is 12.6. The van der Waals surface area contributed by atoms with E-state index in [2.05, 4.69) is 26.2 Å². The minimum atomic E-state index is -0.286. The fraction of sp³-hybridized carbons (Fsp3) is 0.0370. The minimum Gasteiger partial charge on any atom is -0.457 e. The number of halogens is 2. The normalized spacial score (nSPS) is 11.4. The summed E-state index contributed by atoms with van der Waals surface area (Å²) in [5.41, 5.74) is 4.66. The molecule has 0 bridgehead atoms. The van der Waals surface area contributed by atoms with Crippen LogP contribution in [-0.4, -0.2) is 10.9 Å². The molecule has 168 valence electrons. The smallest absolute Gasteiger partial charge is 0.248 e. The number of nitrogens with zero attached hydrogens (tertiary/aromatic N) is 1. The van der Waals surface area contributed by atoms with Crippen molar-refractivity contribution in [2.24, 2.45) is 0 Å². The molecule has 1 N–H and O–H groups in total. The Labute approximate surface area is 209 Å². The van der Waals surface area contributed by atoms with Gasteiger partial charge in [0.1, 0.15) is 17.0 Å². The number of carbonyl (C=O) groups is 1. The van der Waals surface area contributed by atoms with Crippen LogP contribution in [0.1, 0.15) is 11.3 Å². The van der Waals surface area contributed by atoms with Gasteiger partial charge in [-0.1, -0.05) is 45.7 Å². The third-order valence-electron chi connectivity index (χ3n) is 5.21. The van der Waals surface area contributed by atoms with Crippen molar-refractivity contribution in [3.05, 3.63) is 99.7 Å². The van der Waals surface area contributed by atoms with Gasteiger partial charge in [0.2, 0.25) is 11.8 Å². The molecule has 34 heavy (non-hydrogen) atoms. The molecule has 0 aliphatic carbocycles. The number of benzene rings is 3. The largest absolute Gasteiger partial charge is 0.457 e. The average Bonchev–Trinajstić information content (AvgIpc) is 3.46. The van der Waals surface area contributed by atoms with Gasteiger partial charge in [-0.25, -0.2) is 4.98 Å². The van der Waals surface area contributed by atoms with Crippen molar-refractivity contribution >= 4 is 56.3 Å². The predicted octanol–water partition coefficient (Wildman–Crippen LogP) is 8.13. The molecule has 0 aliphatic heterocycles. The number of amides is 1. The molecule has 5 nitrogen and oxygen atoms in total. The Morgan fingerprint density at radius 3 is 2.71 bits per heavy atom. The van der Waals surface area contributed by atoms with Crippen LogP contribution in [0.3, 0.4) is 0 Å². The van der Waals surface area contributed by atoms with E-state index in [9.17, 15) is 4.79 Å². The van der Waals surface area contributed by atoms with Crippen molar-refractivity contribution in [3.8, 4) is 22.8 Å². The Morgan fingerprint density at radius 2 is 1.88 bits per heavy atom. The van der Waals surface area contributed by atoms with Crippen LogP contribution in [-0.2, 0) is 4.79 Å². The van der Waals surface area contributed by atoms with Gasteiger partial charge in [0.25, 0.3) is 0 Å². The summed E-state index contributed by atoms with van der Waals surface area (Å²) in [6, 6.07) is 22.5. The second kappa shape index (κ2) is 9.33. The number of anilines is 1. The number of oxazole rings is 1. The van der Waals surface area contributed by atoms with Gasteiger partial charge in [0, 0.05) is 32.4 Å². The molecule has 2 heterocycles. The topological polar surface area (TPSA) is 68.3 Å². The van der Waals surface area contributed by atoms with Gasteiger partial charge >= 0.3 is 0 Å². The summed E-state index contributed by atoms with van der Waals surface area (Å²) in [6.07, 6.45) is 3.04. The molecule has 0 radical (unpaired) electrons. The van der Waals surface area contributed by atoms with Crippen molar-refractivity contribution in [1.82, 2.24) is 4.98 Å². The van der Waals surface area contributed by atoms with Crippen LogP contribution in [0.2, 0.25) is 5.02 Å². The number of furan rings is 1. The number of aromatic nitrogens is 1. The molecule has 0 saturated carbocycles. The first-order valence-corrected chi connectivity index (χ1v) is 11.6. The summed E-state index contributed by atoms with van der Waals surface area (Å²) in [4.78, 5) is 17.0. The molecule has 0 fully saturated rings. The first-order valence-electron chi connectivity index (χ1n) is 10.5. The van der Waals surface area contributed by atoms with Crippen molar-refractivity contribution in [1.29, 1.82) is 0 Å². The summed E-state index contributed by atoms with van der Waals surface area (Å²) in [7, 11) is 0. The molecule has 3 aromatic carbocycles. The zero-order valence-electron chi connectivity index (χ0n) is 18.0. The van der Waals surface area contributed by atoms with E-state index in [-0.39, 0.29) is 5.91 Å². The zero-order chi connectivity index (χ0) is 23.7. The maximum atomic E-state index is 12.4. The number of hydrogen-bond donors (Lipinski definition) is 1. The van der Waals surface area contributed by atoms with E-state index in [1.807, 2.05) is 55.5 Å². The van der Waals surface area contributed by atoms with Gasteiger partial charge in [-0.15, -0.1) is 0 Å². The highest BCUT2D eigenvalue weighted by Crippen LogP contribution is 2.29. The third kappa shape index (κ3) is 4.83. The molecule has 0 unspecified atom stereocenters. The van der Waals surface area contributed by atoms with Crippen LogP contribution in [0.15, 0.2) is 92.2 Å². The molecule has 1 amide bonds. The molecule has 7 heteroatoms. The zero-order valence-corrected chi connectivity index (χ0v) is 20.4. The molecule has 0 spiro atoms. The predicted molar refractivity (Wildman–Crippen MR) is 139 cm³/mol. The minimum absolute atomic E-state index is 0.286. The SMILES string of the molecule is Cc1ccc(-c2ccc(C=CC(=O)Nc3ccc4oc(-c5cccc(Br)c5)nc4c3)o2)cc1Cl. The first-order chi connectivity index (χ1) is 16.4. The van der Waals surface area contributed by atoms with Gasteiger partial charge in [-0.3, -0.25) is 4.79 Å². The van der Waals surface area contributed by atoms with Crippen LogP contribution in [0, 0.1) is 6.92 Å². The van der Waals surface area contributed by atoms with Crippen LogP contribution < -0.4 is 5.32 Å². The Bertz CT molecular complexity index is 1550. The lowest BCUT2D eigenvalue weighted by molar-refractivity contribution is -0.111. The molecular weight excluding hydrogens is 516 g/mol. The van der Waals surface area contributed by atoms with Crippen LogP contribution in [0.4, 0.5) is 5.69 Å². The number of aryl methyl sites for hydroxylation is 1. The molecule has 0 saturated heterocycles. The maximum Gasteiger partial charge on any atom is 0.248 e. The van der Waals surface area contributed by atoms with Crippen molar-refractivity contribution < 1.29 is 13.6 Å². The first kappa shape index (κ1) is 22.2. The van der Waals surface area contributed by atoms with Crippen molar-refractivity contribution in [3.63, 3.8) is 0 Å². The Balaban J connectivity index is 1.28. The summed E-state index contributed by atoms with van der Waals surface area (Å²) in [5, 5.41) is 3.52. The summed E-state index contributed by atoms with van der Waals surface area (Å²) >= 11 is 9.66. The Hall–Kier alpha value is -3.61. The molecule has 5 rings (SSSR count). The third-order valence-corrected chi connectivity index (χ3v) is 6.11. The van der Waals surface area contributed by atoms with E-state index in [0.717, 1.165) is 21.2 Å². The van der Waals surface area contributed by atoms with Gasteiger partial charge < -0.3 is 14.2 Å². The van der Waals surface area contributed by atoms with Crippen LogP contribution >= 0.6 is 27.5 Å². The van der Waals surface area contributed by atoms with Crippen LogP contribution in [0.5, 0.6) is 0 Å². The highest BCUT2D eigenvalue weighted by Gasteiger charge is 2.10. The number of nitrogens with one attached hydrogen (secondary N) is 1. The number of fused-ring (bicyclic) bond motifs is 1. The van der Waals surface area contributed by atoms with E-state index in [4.69, 9.17) is 20.4 Å². The van der Waals surface area contributed by atoms with Gasteiger partial charge in [-0.2, -0.15) is 0 Å². The lowest BCUT2D eigenvalue weighted by atomic mass is 10.1. The second-order valence-electron chi connectivity index (χ2n) is 7.70. The molecule has 0 atom stereocenters. The van der Waals surface area contributed by atoms with E-state index in [1.165, 1.54) is 6.08 Å². The summed E-state index contributed by atoms with van der Waals surface area (Å²) in [6.45, 7) is 1.95. The number of rotatable bonds is 5. The second-order valence-corrected chi connectivity index (χ2v) is 9.02. The fourth-order valence-corrected chi connectivity index (χ4v) is 4.02. The lowest BCUT2D eigenvalue weighted by Gasteiger charge is -2.01. The highest BCUT2D eigenvalue weighted by atomic mass is 79.9. The Kier molecular flexibility index (Phi) is 6.09. The van der Waals surface area contributed by atoms with E-state index >= 15 is 0 Å². The lowest BCUT2D eigenvalue weighted by Crippen LogP contribution is -2.07.